The minimum Gasteiger partial charge on any atom is -0.372 e. The lowest BCUT2D eigenvalue weighted by molar-refractivity contribution is -0.122. The third-order valence-electron chi connectivity index (χ3n) is 4.65. The van der Waals surface area contributed by atoms with Crippen LogP contribution in [0.2, 0.25) is 0 Å². The number of nitrogens with one attached hydrogen (secondary N) is 2. The van der Waals surface area contributed by atoms with Gasteiger partial charge in [0.2, 0.25) is 5.91 Å². The highest BCUT2D eigenvalue weighted by Crippen LogP contribution is 2.24. The van der Waals surface area contributed by atoms with Crippen molar-refractivity contribution in [2.24, 2.45) is 0 Å². The largest absolute Gasteiger partial charge is 0.372 e. The van der Waals surface area contributed by atoms with Crippen LogP contribution in [0.4, 0.5) is 5.69 Å². The van der Waals surface area contributed by atoms with Crippen molar-refractivity contribution in [3.05, 3.63) is 29.8 Å². The van der Waals surface area contributed by atoms with E-state index in [4.69, 9.17) is 0 Å². The molecule has 5 heteroatoms. The number of thioether (sulfide) groups is 1. The second kappa shape index (κ2) is 8.06. The van der Waals surface area contributed by atoms with Crippen molar-refractivity contribution in [1.82, 2.24) is 10.6 Å². The smallest absolute Gasteiger partial charge is 0.222 e. The van der Waals surface area contributed by atoms with Gasteiger partial charge in [0.15, 0.2) is 0 Å². The summed E-state index contributed by atoms with van der Waals surface area (Å²) in [5.41, 5.74) is 2.47. The summed E-state index contributed by atoms with van der Waals surface area (Å²) >= 11 is 1.93. The number of hydrogen-bond acceptors (Lipinski definition) is 4. The summed E-state index contributed by atoms with van der Waals surface area (Å²) in [5.74, 6) is 2.33. The molecule has 2 fully saturated rings. The molecule has 2 aliphatic heterocycles. The molecule has 4 nitrogen and oxygen atoms in total. The molecule has 1 amide bonds. The Morgan fingerprint density at radius 2 is 2.26 bits per heavy atom. The summed E-state index contributed by atoms with van der Waals surface area (Å²) in [6.07, 6.45) is 3.13. The maximum absolute atomic E-state index is 12.3. The maximum Gasteiger partial charge on any atom is 0.222 e. The molecule has 2 heterocycles. The molecule has 2 atom stereocenters. The fourth-order valence-corrected chi connectivity index (χ4v) is 4.27. The van der Waals surface area contributed by atoms with Gasteiger partial charge in [0.25, 0.3) is 0 Å². The highest BCUT2D eigenvalue weighted by molar-refractivity contribution is 7.99. The first-order valence-electron chi connectivity index (χ1n) is 8.68. The van der Waals surface area contributed by atoms with Crippen molar-refractivity contribution < 1.29 is 4.79 Å². The lowest BCUT2D eigenvalue weighted by Crippen LogP contribution is -2.41. The monoisotopic (exact) mass is 333 g/mol. The van der Waals surface area contributed by atoms with E-state index in [1.54, 1.807) is 0 Å². The summed E-state index contributed by atoms with van der Waals surface area (Å²) in [6.45, 7) is 5.38. The zero-order chi connectivity index (χ0) is 16.1. The van der Waals surface area contributed by atoms with E-state index in [1.807, 2.05) is 11.8 Å². The van der Waals surface area contributed by atoms with Gasteiger partial charge in [-0.25, -0.2) is 0 Å². The van der Waals surface area contributed by atoms with E-state index >= 15 is 0 Å². The van der Waals surface area contributed by atoms with Gasteiger partial charge in [0.05, 0.1) is 6.04 Å². The Balaban J connectivity index is 1.55. The van der Waals surface area contributed by atoms with E-state index < -0.39 is 0 Å². The Hall–Kier alpha value is -1.20. The Morgan fingerprint density at radius 1 is 1.43 bits per heavy atom. The molecule has 2 saturated heterocycles. The molecule has 2 N–H and O–H groups in total. The van der Waals surface area contributed by atoms with Crippen molar-refractivity contribution in [3.63, 3.8) is 0 Å². The minimum absolute atomic E-state index is 0.0568. The van der Waals surface area contributed by atoms with Gasteiger partial charge in [0.1, 0.15) is 0 Å². The predicted octanol–water partition coefficient (Wildman–Crippen LogP) is 2.56. The summed E-state index contributed by atoms with van der Waals surface area (Å²) in [4.78, 5) is 14.7. The van der Waals surface area contributed by atoms with Crippen LogP contribution in [-0.4, -0.2) is 43.1 Å². The highest BCUT2D eigenvalue weighted by Gasteiger charge is 2.19. The van der Waals surface area contributed by atoms with Crippen LogP contribution in [0.5, 0.6) is 0 Å². The molecule has 1 aromatic rings. The lowest BCUT2D eigenvalue weighted by atomic mass is 10.1. The number of carbonyl (C=O) groups is 1. The summed E-state index contributed by atoms with van der Waals surface area (Å²) in [6, 6.07) is 8.99. The number of amides is 1. The number of carbonyl (C=O) groups excluding carboxylic acids is 1. The lowest BCUT2D eigenvalue weighted by Gasteiger charge is -2.24. The van der Waals surface area contributed by atoms with Gasteiger partial charge < -0.3 is 15.5 Å². The zero-order valence-corrected chi connectivity index (χ0v) is 14.7. The summed E-state index contributed by atoms with van der Waals surface area (Å²) in [5, 5.41) is 6.58. The third kappa shape index (κ3) is 4.64. The van der Waals surface area contributed by atoms with Crippen LogP contribution >= 0.6 is 11.8 Å². The van der Waals surface area contributed by atoms with Gasteiger partial charge in [-0.3, -0.25) is 4.79 Å². The molecule has 2 unspecified atom stereocenters. The number of rotatable bonds is 5. The summed E-state index contributed by atoms with van der Waals surface area (Å²) < 4.78 is 0. The van der Waals surface area contributed by atoms with Gasteiger partial charge in [-0.15, -0.1) is 0 Å². The fraction of sp³-hybridized carbons (Fsp3) is 0.611. The maximum atomic E-state index is 12.3. The van der Waals surface area contributed by atoms with Gasteiger partial charge >= 0.3 is 0 Å². The van der Waals surface area contributed by atoms with Gasteiger partial charge in [-0.1, -0.05) is 12.1 Å². The number of nitrogens with zero attached hydrogens (tertiary/aromatic N) is 1. The second-order valence-electron chi connectivity index (χ2n) is 6.51. The average Bonchev–Trinajstić information content (AvgIpc) is 3.10. The van der Waals surface area contributed by atoms with Crippen molar-refractivity contribution in [1.29, 1.82) is 0 Å². The molecule has 0 spiro atoms. The zero-order valence-electron chi connectivity index (χ0n) is 13.9. The molecule has 23 heavy (non-hydrogen) atoms. The first kappa shape index (κ1) is 16.7. The standard InChI is InChI=1S/C18H27N3OS/c1-14(20-18(22)12-16-13-23-10-7-19-16)15-5-4-6-17(11-15)21-8-2-3-9-21/h4-6,11,14,16,19H,2-3,7-10,12-13H2,1H3,(H,20,22). The van der Waals surface area contributed by atoms with Crippen molar-refractivity contribution in [3.8, 4) is 0 Å². The second-order valence-corrected chi connectivity index (χ2v) is 7.66. The van der Waals surface area contributed by atoms with Crippen molar-refractivity contribution >= 4 is 23.4 Å². The van der Waals surface area contributed by atoms with E-state index in [2.05, 4.69) is 46.7 Å². The minimum atomic E-state index is 0.0568. The molecule has 126 valence electrons. The molecule has 0 aliphatic carbocycles. The van der Waals surface area contributed by atoms with E-state index in [0.717, 1.165) is 31.1 Å². The molecule has 2 aliphatic rings. The van der Waals surface area contributed by atoms with Crippen LogP contribution in [0.1, 0.15) is 37.8 Å². The van der Waals surface area contributed by atoms with E-state index in [1.165, 1.54) is 24.1 Å². The van der Waals surface area contributed by atoms with E-state index in [0.29, 0.717) is 12.5 Å². The molecule has 0 radical (unpaired) electrons. The predicted molar refractivity (Wildman–Crippen MR) is 98.2 cm³/mol. The Labute approximate surface area is 143 Å². The van der Waals surface area contributed by atoms with Crippen molar-refractivity contribution in [2.75, 3.05) is 36.0 Å². The van der Waals surface area contributed by atoms with E-state index in [-0.39, 0.29) is 11.9 Å². The van der Waals surface area contributed by atoms with Gasteiger partial charge in [-0.2, -0.15) is 11.8 Å². The molecule has 0 saturated carbocycles. The van der Waals surface area contributed by atoms with Crippen LogP contribution in [0.15, 0.2) is 24.3 Å². The highest BCUT2D eigenvalue weighted by atomic mass is 32.2. The molecular formula is C18H27N3OS. The van der Waals surface area contributed by atoms with Crippen LogP contribution in [0.3, 0.4) is 0 Å². The van der Waals surface area contributed by atoms with Crippen LogP contribution in [0.25, 0.3) is 0 Å². The first-order valence-corrected chi connectivity index (χ1v) is 9.83. The molecule has 1 aromatic carbocycles. The molecule has 0 aromatic heterocycles. The molecule has 3 rings (SSSR count). The van der Waals surface area contributed by atoms with Gasteiger partial charge in [-0.05, 0) is 37.5 Å². The van der Waals surface area contributed by atoms with Crippen LogP contribution < -0.4 is 15.5 Å². The number of hydrogen-bond donors (Lipinski definition) is 2. The number of anilines is 1. The third-order valence-corrected chi connectivity index (χ3v) is 5.78. The molecule has 0 bridgehead atoms. The normalized spacial score (nSPS) is 22.8. The fourth-order valence-electron chi connectivity index (χ4n) is 3.32. The average molecular weight is 334 g/mol. The first-order chi connectivity index (χ1) is 11.2. The quantitative estimate of drug-likeness (QED) is 0.869. The van der Waals surface area contributed by atoms with Crippen molar-refractivity contribution in [2.45, 2.75) is 38.3 Å². The summed E-state index contributed by atoms with van der Waals surface area (Å²) in [7, 11) is 0. The van der Waals surface area contributed by atoms with Crippen LogP contribution in [-0.2, 0) is 4.79 Å². The Bertz CT molecular complexity index is 525. The van der Waals surface area contributed by atoms with Gasteiger partial charge in [0, 0.05) is 49.3 Å². The SMILES string of the molecule is CC(NC(=O)CC1CSCCN1)c1cccc(N2CCCC2)c1. The number of benzene rings is 1. The Morgan fingerprint density at radius 3 is 3.00 bits per heavy atom. The van der Waals surface area contributed by atoms with E-state index in [9.17, 15) is 4.79 Å². The topological polar surface area (TPSA) is 44.4 Å². The molecular weight excluding hydrogens is 306 g/mol. The van der Waals surface area contributed by atoms with Crippen LogP contribution in [0, 0.1) is 0 Å². The Kier molecular flexibility index (Phi) is 5.84.